The molecule has 4 aromatic rings. The quantitative estimate of drug-likeness (QED) is 0.500. The van der Waals surface area contributed by atoms with E-state index in [2.05, 4.69) is 15.4 Å². The number of benzene rings is 2. The van der Waals surface area contributed by atoms with E-state index in [1.165, 1.54) is 12.1 Å². The van der Waals surface area contributed by atoms with E-state index in [1.807, 2.05) is 31.2 Å². The van der Waals surface area contributed by atoms with Crippen molar-refractivity contribution in [2.75, 3.05) is 6.26 Å². The highest BCUT2D eigenvalue weighted by molar-refractivity contribution is 7.84. The highest BCUT2D eigenvalue weighted by Gasteiger charge is 2.46. The number of amides is 1. The second kappa shape index (κ2) is 7.63. The Kier molecular flexibility index (Phi) is 4.89. The molecule has 2 aromatic carbocycles. The molecule has 2 heterocycles. The first-order valence-electron chi connectivity index (χ1n) is 10.2. The lowest BCUT2D eigenvalue weighted by Gasteiger charge is -2.19. The zero-order chi connectivity index (χ0) is 22.5. The van der Waals surface area contributed by atoms with Crippen molar-refractivity contribution < 1.29 is 13.4 Å². The molecule has 32 heavy (non-hydrogen) atoms. The third-order valence-electron chi connectivity index (χ3n) is 5.83. The Bertz CT molecular complexity index is 1380. The van der Waals surface area contributed by atoms with Gasteiger partial charge in [0, 0.05) is 17.8 Å². The Morgan fingerprint density at radius 1 is 1.16 bits per heavy atom. The lowest BCUT2D eigenvalue weighted by molar-refractivity contribution is 0.0932. The third-order valence-corrected chi connectivity index (χ3v) is 6.65. The number of hydrogen-bond acceptors (Lipinski definition) is 4. The largest absolute Gasteiger partial charge is 0.342 e. The van der Waals surface area contributed by atoms with Crippen LogP contribution in [0.5, 0.6) is 0 Å². The van der Waals surface area contributed by atoms with Gasteiger partial charge in [0.1, 0.15) is 10.8 Å². The van der Waals surface area contributed by atoms with Crippen LogP contribution in [0.25, 0.3) is 16.6 Å². The van der Waals surface area contributed by atoms with Gasteiger partial charge in [0.05, 0.1) is 39.3 Å². The summed E-state index contributed by atoms with van der Waals surface area (Å²) < 4.78 is 26.9. The van der Waals surface area contributed by atoms with Crippen LogP contribution in [0, 0.1) is 12.7 Å². The maximum atomic E-state index is 13.4. The van der Waals surface area contributed by atoms with Gasteiger partial charge in [-0.1, -0.05) is 0 Å². The normalized spacial score (nSPS) is 15.5. The molecule has 1 unspecified atom stereocenters. The molecule has 1 N–H and O–H groups in total. The van der Waals surface area contributed by atoms with Crippen LogP contribution in [0.2, 0.25) is 0 Å². The molecule has 0 aliphatic heterocycles. The van der Waals surface area contributed by atoms with E-state index in [9.17, 15) is 13.4 Å². The Morgan fingerprint density at radius 3 is 2.59 bits per heavy atom. The third kappa shape index (κ3) is 3.60. The van der Waals surface area contributed by atoms with Crippen molar-refractivity contribution >= 4 is 27.6 Å². The van der Waals surface area contributed by atoms with Gasteiger partial charge in [0.25, 0.3) is 5.91 Å². The summed E-state index contributed by atoms with van der Waals surface area (Å²) in [5.41, 5.74) is 3.39. The van der Waals surface area contributed by atoms with Gasteiger partial charge >= 0.3 is 0 Å². The van der Waals surface area contributed by atoms with Crippen LogP contribution in [0.4, 0.5) is 4.39 Å². The summed E-state index contributed by atoms with van der Waals surface area (Å²) in [5, 5.41) is 8.86. The zero-order valence-corrected chi connectivity index (χ0v) is 18.4. The number of nitrogens with one attached hydrogen (secondary N) is 1. The van der Waals surface area contributed by atoms with E-state index >= 15 is 0 Å². The number of hydrogen-bond donors (Lipinski definition) is 1. The van der Waals surface area contributed by atoms with Gasteiger partial charge in [-0.3, -0.25) is 9.00 Å². The first-order valence-corrected chi connectivity index (χ1v) is 11.8. The minimum Gasteiger partial charge on any atom is -0.342 e. The van der Waals surface area contributed by atoms with Gasteiger partial charge < -0.3 is 5.32 Å². The van der Waals surface area contributed by atoms with E-state index in [-0.39, 0.29) is 11.7 Å². The molecule has 1 aliphatic rings. The van der Waals surface area contributed by atoms with Crippen molar-refractivity contribution in [2.24, 2.45) is 0 Å². The maximum absolute atomic E-state index is 13.4. The lowest BCUT2D eigenvalue weighted by Crippen LogP contribution is -2.35. The summed E-state index contributed by atoms with van der Waals surface area (Å²) in [6.45, 7) is 1.93. The average molecular weight is 449 g/mol. The number of aryl methyl sites for hydroxylation is 1. The van der Waals surface area contributed by atoms with E-state index in [1.54, 1.807) is 35.5 Å². The fraction of sp³-hybridized carbons (Fsp3) is 0.208. The number of fused-ring (bicyclic) bond motifs is 1. The Hall–Kier alpha value is -3.39. The van der Waals surface area contributed by atoms with E-state index in [4.69, 9.17) is 0 Å². The fourth-order valence-electron chi connectivity index (χ4n) is 4.00. The predicted molar refractivity (Wildman–Crippen MR) is 121 cm³/mol. The number of pyridine rings is 1. The molecule has 162 valence electrons. The standard InChI is InChI=1S/C24H21FN4O2S/c1-15-11-19(20-14-27-29(21(20)12-15)18-5-3-17(25)4-6-18)23(30)28-24(8-9-24)16-7-10-26-22(13-16)32(2)31/h3-7,10-14H,8-9H2,1-2H3,(H,28,30). The van der Waals surface area contributed by atoms with Crippen LogP contribution < -0.4 is 5.32 Å². The molecule has 2 aromatic heterocycles. The molecule has 1 atom stereocenters. The average Bonchev–Trinajstić information content (AvgIpc) is 3.44. The number of rotatable bonds is 5. The molecule has 1 aliphatic carbocycles. The Morgan fingerprint density at radius 2 is 1.91 bits per heavy atom. The van der Waals surface area contributed by atoms with E-state index in [0.29, 0.717) is 16.3 Å². The number of halogens is 1. The molecule has 8 heteroatoms. The predicted octanol–water partition coefficient (Wildman–Crippen LogP) is 4.02. The van der Waals surface area contributed by atoms with E-state index in [0.717, 1.165) is 34.9 Å². The highest BCUT2D eigenvalue weighted by atomic mass is 32.2. The minimum atomic E-state index is -1.19. The van der Waals surface area contributed by atoms with Gasteiger partial charge in [0.2, 0.25) is 0 Å². The molecule has 1 saturated carbocycles. The summed E-state index contributed by atoms with van der Waals surface area (Å²) >= 11 is 0. The van der Waals surface area contributed by atoms with Crippen molar-refractivity contribution in [3.05, 3.63) is 83.4 Å². The first kappa shape index (κ1) is 20.5. The van der Waals surface area contributed by atoms with E-state index < -0.39 is 16.3 Å². The smallest absolute Gasteiger partial charge is 0.252 e. The summed E-state index contributed by atoms with van der Waals surface area (Å²) in [4.78, 5) is 17.5. The lowest BCUT2D eigenvalue weighted by atomic mass is 10.0. The molecular formula is C24H21FN4O2S. The van der Waals surface area contributed by atoms with Crippen LogP contribution in [-0.2, 0) is 16.3 Å². The Balaban J connectivity index is 1.51. The summed E-state index contributed by atoms with van der Waals surface area (Å²) in [6, 6.07) is 13.6. The van der Waals surface area contributed by atoms with Gasteiger partial charge in [-0.05, 0) is 79.4 Å². The first-order chi connectivity index (χ1) is 15.4. The molecular weight excluding hydrogens is 427 g/mol. The zero-order valence-electron chi connectivity index (χ0n) is 17.6. The number of carbonyl (C=O) groups is 1. The van der Waals surface area contributed by atoms with Crippen LogP contribution in [0.15, 0.2) is 66.0 Å². The summed E-state index contributed by atoms with van der Waals surface area (Å²) in [5.74, 6) is -0.506. The van der Waals surface area contributed by atoms with Crippen LogP contribution >= 0.6 is 0 Å². The SMILES string of the molecule is Cc1cc(C(=O)NC2(c3ccnc(S(C)=O)c3)CC2)c2cnn(-c3ccc(F)cc3)c2c1. The number of nitrogens with zero attached hydrogens (tertiary/aromatic N) is 3. The van der Waals surface area contributed by atoms with Gasteiger partial charge in [-0.15, -0.1) is 0 Å². The number of carbonyl (C=O) groups excluding carboxylic acids is 1. The maximum Gasteiger partial charge on any atom is 0.252 e. The van der Waals surface area contributed by atoms with Crippen molar-refractivity contribution in [1.82, 2.24) is 20.1 Å². The molecule has 0 spiro atoms. The molecule has 1 fully saturated rings. The van der Waals surface area contributed by atoms with Crippen LogP contribution in [0.1, 0.15) is 34.3 Å². The highest BCUT2D eigenvalue weighted by Crippen LogP contribution is 2.46. The van der Waals surface area contributed by atoms with Gasteiger partial charge in [0.15, 0.2) is 0 Å². The molecule has 5 rings (SSSR count). The monoisotopic (exact) mass is 448 g/mol. The van der Waals surface area contributed by atoms with Crippen molar-refractivity contribution in [3.8, 4) is 5.69 Å². The fourth-order valence-corrected chi connectivity index (χ4v) is 4.50. The summed E-state index contributed by atoms with van der Waals surface area (Å²) in [7, 11) is -1.19. The van der Waals surface area contributed by atoms with Gasteiger partial charge in [-0.2, -0.15) is 5.10 Å². The van der Waals surface area contributed by atoms with Crippen molar-refractivity contribution in [3.63, 3.8) is 0 Å². The van der Waals surface area contributed by atoms with Crippen molar-refractivity contribution in [2.45, 2.75) is 30.3 Å². The molecule has 6 nitrogen and oxygen atoms in total. The van der Waals surface area contributed by atoms with Crippen LogP contribution in [0.3, 0.4) is 0 Å². The molecule has 0 radical (unpaired) electrons. The minimum absolute atomic E-state index is 0.189. The molecule has 0 saturated heterocycles. The summed E-state index contributed by atoms with van der Waals surface area (Å²) in [6.07, 6.45) is 6.50. The second-order valence-corrected chi connectivity index (χ2v) is 9.48. The Labute approximate surface area is 186 Å². The van der Waals surface area contributed by atoms with Crippen LogP contribution in [-0.4, -0.2) is 31.1 Å². The number of aromatic nitrogens is 3. The van der Waals surface area contributed by atoms with Gasteiger partial charge in [-0.25, -0.2) is 14.1 Å². The topological polar surface area (TPSA) is 76.9 Å². The van der Waals surface area contributed by atoms with Crippen molar-refractivity contribution in [1.29, 1.82) is 0 Å². The molecule has 1 amide bonds. The second-order valence-electron chi connectivity index (χ2n) is 8.15. The molecule has 0 bridgehead atoms.